The van der Waals surface area contributed by atoms with Gasteiger partial charge in [0.15, 0.2) is 11.5 Å². The molecule has 3 rings (SSSR count). The Balaban J connectivity index is 1.89. The predicted molar refractivity (Wildman–Crippen MR) is 76.9 cm³/mol. The van der Waals surface area contributed by atoms with Gasteiger partial charge in [0.05, 0.1) is 0 Å². The summed E-state index contributed by atoms with van der Waals surface area (Å²) < 4.78 is 11.1. The molecule has 0 unspecified atom stereocenters. The minimum atomic E-state index is 0.590. The lowest BCUT2D eigenvalue weighted by molar-refractivity contribution is 0.171. The van der Waals surface area contributed by atoms with Crippen molar-refractivity contribution in [2.75, 3.05) is 18.5 Å². The first kappa shape index (κ1) is 12.2. The molecule has 0 aliphatic carbocycles. The van der Waals surface area contributed by atoms with E-state index in [1.165, 1.54) is 0 Å². The number of rotatable bonds is 2. The summed E-state index contributed by atoms with van der Waals surface area (Å²) in [5.41, 5.74) is 2.97. The molecule has 3 nitrogen and oxygen atoms in total. The van der Waals surface area contributed by atoms with E-state index in [-0.39, 0.29) is 0 Å². The molecule has 0 aromatic heterocycles. The van der Waals surface area contributed by atoms with Gasteiger partial charge in [0.25, 0.3) is 0 Å². The van der Waals surface area contributed by atoms with Crippen molar-refractivity contribution in [1.29, 1.82) is 0 Å². The molecule has 1 heterocycles. The highest BCUT2D eigenvalue weighted by atomic mass is 35.5. The summed E-state index contributed by atoms with van der Waals surface area (Å²) in [6.07, 6.45) is 0. The molecule has 0 atom stereocenters. The highest BCUT2D eigenvalue weighted by molar-refractivity contribution is 6.31. The summed E-state index contributed by atoms with van der Waals surface area (Å²) in [7, 11) is 0. The molecule has 2 aromatic carbocycles. The number of ether oxygens (including phenoxy) is 2. The van der Waals surface area contributed by atoms with Crippen molar-refractivity contribution >= 4 is 23.0 Å². The highest BCUT2D eigenvalue weighted by Gasteiger charge is 2.12. The van der Waals surface area contributed by atoms with Crippen molar-refractivity contribution in [2.24, 2.45) is 0 Å². The molecule has 0 bridgehead atoms. The van der Waals surface area contributed by atoms with E-state index in [4.69, 9.17) is 21.1 Å². The minimum Gasteiger partial charge on any atom is -0.486 e. The molecule has 0 saturated heterocycles. The lowest BCUT2D eigenvalue weighted by Gasteiger charge is -2.19. The number of benzene rings is 2. The molecule has 0 saturated carbocycles. The van der Waals surface area contributed by atoms with E-state index in [9.17, 15) is 0 Å². The number of fused-ring (bicyclic) bond motifs is 1. The molecule has 1 aliphatic rings. The van der Waals surface area contributed by atoms with Gasteiger partial charge >= 0.3 is 0 Å². The van der Waals surface area contributed by atoms with E-state index >= 15 is 0 Å². The lowest BCUT2D eigenvalue weighted by Crippen LogP contribution is -2.15. The van der Waals surface area contributed by atoms with E-state index in [0.29, 0.717) is 13.2 Å². The molecule has 98 valence electrons. The van der Waals surface area contributed by atoms with Crippen molar-refractivity contribution in [1.82, 2.24) is 0 Å². The molecule has 0 radical (unpaired) electrons. The molecule has 19 heavy (non-hydrogen) atoms. The Bertz CT molecular complexity index is 613. The van der Waals surface area contributed by atoms with E-state index in [0.717, 1.165) is 33.5 Å². The van der Waals surface area contributed by atoms with Crippen LogP contribution >= 0.6 is 11.6 Å². The third kappa shape index (κ3) is 2.47. The molecule has 0 fully saturated rings. The van der Waals surface area contributed by atoms with Crippen LogP contribution in [0.2, 0.25) is 5.02 Å². The Morgan fingerprint density at radius 3 is 2.68 bits per heavy atom. The second kappa shape index (κ2) is 5.02. The fourth-order valence-electron chi connectivity index (χ4n) is 2.02. The number of hydrogen-bond acceptors (Lipinski definition) is 3. The molecule has 2 aromatic rings. The Morgan fingerprint density at radius 2 is 1.84 bits per heavy atom. The molecule has 0 spiro atoms. The van der Waals surface area contributed by atoms with Crippen molar-refractivity contribution < 1.29 is 9.47 Å². The van der Waals surface area contributed by atoms with Gasteiger partial charge in [-0.2, -0.15) is 0 Å². The molecular weight excluding hydrogens is 262 g/mol. The first-order valence-electron chi connectivity index (χ1n) is 6.16. The average Bonchev–Trinajstić information content (AvgIpc) is 2.44. The monoisotopic (exact) mass is 275 g/mol. The summed E-state index contributed by atoms with van der Waals surface area (Å²) >= 11 is 6.11. The SMILES string of the molecule is Cc1c(Cl)cccc1Nc1ccc2c(c1)OCCO2. The Labute approximate surface area is 117 Å². The molecule has 1 N–H and O–H groups in total. The fourth-order valence-corrected chi connectivity index (χ4v) is 2.19. The summed E-state index contributed by atoms with van der Waals surface area (Å²) in [5.74, 6) is 1.57. The van der Waals surface area contributed by atoms with Crippen molar-refractivity contribution in [3.63, 3.8) is 0 Å². The van der Waals surface area contributed by atoms with Crippen LogP contribution in [0.15, 0.2) is 36.4 Å². The second-order valence-corrected chi connectivity index (χ2v) is 4.80. The average molecular weight is 276 g/mol. The zero-order chi connectivity index (χ0) is 13.2. The number of anilines is 2. The molecule has 1 aliphatic heterocycles. The fraction of sp³-hybridized carbons (Fsp3) is 0.200. The summed E-state index contributed by atoms with van der Waals surface area (Å²) in [4.78, 5) is 0. The standard InChI is InChI=1S/C15H14ClNO2/c1-10-12(16)3-2-4-13(10)17-11-5-6-14-15(9-11)19-8-7-18-14/h2-6,9,17H,7-8H2,1H3. The van der Waals surface area contributed by atoms with Crippen LogP contribution in [0.25, 0.3) is 0 Å². The first-order chi connectivity index (χ1) is 9.24. The van der Waals surface area contributed by atoms with Crippen LogP contribution in [0.1, 0.15) is 5.56 Å². The van der Waals surface area contributed by atoms with Gasteiger partial charge in [-0.05, 0) is 36.8 Å². The highest BCUT2D eigenvalue weighted by Crippen LogP contribution is 2.34. The maximum atomic E-state index is 6.11. The van der Waals surface area contributed by atoms with Crippen molar-refractivity contribution in [3.05, 3.63) is 47.0 Å². The van der Waals surface area contributed by atoms with Crippen LogP contribution in [0.5, 0.6) is 11.5 Å². The van der Waals surface area contributed by atoms with Gasteiger partial charge < -0.3 is 14.8 Å². The van der Waals surface area contributed by atoms with Gasteiger partial charge in [0, 0.05) is 22.5 Å². The smallest absolute Gasteiger partial charge is 0.163 e. The predicted octanol–water partition coefficient (Wildman–Crippen LogP) is 4.16. The molecular formula is C15H14ClNO2. The van der Waals surface area contributed by atoms with Crippen molar-refractivity contribution in [2.45, 2.75) is 6.92 Å². The molecule has 0 amide bonds. The number of hydrogen-bond donors (Lipinski definition) is 1. The maximum Gasteiger partial charge on any atom is 0.163 e. The van der Waals surface area contributed by atoms with Crippen LogP contribution in [-0.2, 0) is 0 Å². The van der Waals surface area contributed by atoms with Gasteiger partial charge in [0.1, 0.15) is 13.2 Å². The van der Waals surface area contributed by atoms with E-state index < -0.39 is 0 Å². The van der Waals surface area contributed by atoms with Crippen LogP contribution < -0.4 is 14.8 Å². The van der Waals surface area contributed by atoms with Crippen LogP contribution in [0.4, 0.5) is 11.4 Å². The van der Waals surface area contributed by atoms with Gasteiger partial charge in [-0.3, -0.25) is 0 Å². The first-order valence-corrected chi connectivity index (χ1v) is 6.53. The zero-order valence-electron chi connectivity index (χ0n) is 10.6. The third-order valence-electron chi connectivity index (χ3n) is 3.09. The number of halogens is 1. The van der Waals surface area contributed by atoms with Gasteiger partial charge in [-0.25, -0.2) is 0 Å². The normalized spacial score (nSPS) is 13.2. The topological polar surface area (TPSA) is 30.5 Å². The largest absolute Gasteiger partial charge is 0.486 e. The van der Waals surface area contributed by atoms with Gasteiger partial charge in [-0.1, -0.05) is 17.7 Å². The van der Waals surface area contributed by atoms with Crippen LogP contribution in [0, 0.1) is 6.92 Å². The Morgan fingerprint density at radius 1 is 1.05 bits per heavy atom. The van der Waals surface area contributed by atoms with Crippen LogP contribution in [0.3, 0.4) is 0 Å². The second-order valence-electron chi connectivity index (χ2n) is 4.40. The number of nitrogens with one attached hydrogen (secondary N) is 1. The molecule has 4 heteroatoms. The van der Waals surface area contributed by atoms with Gasteiger partial charge in [-0.15, -0.1) is 0 Å². The third-order valence-corrected chi connectivity index (χ3v) is 3.50. The van der Waals surface area contributed by atoms with E-state index in [1.54, 1.807) is 0 Å². The van der Waals surface area contributed by atoms with E-state index in [1.807, 2.05) is 43.3 Å². The summed E-state index contributed by atoms with van der Waals surface area (Å²) in [5, 5.41) is 4.10. The summed E-state index contributed by atoms with van der Waals surface area (Å²) in [6, 6.07) is 11.6. The van der Waals surface area contributed by atoms with Crippen LogP contribution in [-0.4, -0.2) is 13.2 Å². The Kier molecular flexibility index (Phi) is 3.22. The van der Waals surface area contributed by atoms with E-state index in [2.05, 4.69) is 5.32 Å². The minimum absolute atomic E-state index is 0.590. The zero-order valence-corrected chi connectivity index (χ0v) is 11.3. The lowest BCUT2D eigenvalue weighted by atomic mass is 10.2. The summed E-state index contributed by atoms with van der Waals surface area (Å²) in [6.45, 7) is 3.18. The maximum absolute atomic E-state index is 6.11. The van der Waals surface area contributed by atoms with Gasteiger partial charge in [0.2, 0.25) is 0 Å². The quantitative estimate of drug-likeness (QED) is 0.892. The Hall–Kier alpha value is -1.87. The van der Waals surface area contributed by atoms with Crippen molar-refractivity contribution in [3.8, 4) is 11.5 Å².